The monoisotopic (exact) mass is 275 g/mol. The minimum atomic E-state index is 0.0327. The maximum atomic E-state index is 6.23. The summed E-state index contributed by atoms with van der Waals surface area (Å²) in [6.07, 6.45) is 6.41. The molecule has 0 spiro atoms. The van der Waals surface area contributed by atoms with Gasteiger partial charge in [0.2, 0.25) is 0 Å². The maximum Gasteiger partial charge on any atom is 0.0553 e. The van der Waals surface area contributed by atoms with Crippen LogP contribution in [-0.2, 0) is 15.6 Å². The van der Waals surface area contributed by atoms with Crippen molar-refractivity contribution in [1.82, 2.24) is 0 Å². The van der Waals surface area contributed by atoms with Crippen LogP contribution in [0.4, 0.5) is 0 Å². The first-order valence-electron chi connectivity index (χ1n) is 7.85. The van der Waals surface area contributed by atoms with Crippen molar-refractivity contribution in [2.45, 2.75) is 56.8 Å². The first-order chi connectivity index (χ1) is 9.56. The number of nitrogens with two attached hydrogens (primary N) is 1. The van der Waals surface area contributed by atoms with Crippen LogP contribution in [0.5, 0.6) is 0 Å². The largest absolute Gasteiger partial charge is 0.384 e. The third kappa shape index (κ3) is 2.91. The lowest BCUT2D eigenvalue weighted by Gasteiger charge is -2.41. The van der Waals surface area contributed by atoms with Crippen LogP contribution >= 0.6 is 0 Å². The van der Waals surface area contributed by atoms with E-state index >= 15 is 0 Å². The molecule has 1 fully saturated rings. The Morgan fingerprint density at radius 3 is 2.40 bits per heavy atom. The van der Waals surface area contributed by atoms with Gasteiger partial charge in [0, 0.05) is 24.5 Å². The zero-order valence-electron chi connectivity index (χ0n) is 13.2. The van der Waals surface area contributed by atoms with Crippen LogP contribution in [0.15, 0.2) is 24.3 Å². The van der Waals surface area contributed by atoms with Crippen molar-refractivity contribution in [3.05, 3.63) is 35.4 Å². The maximum absolute atomic E-state index is 6.23. The van der Waals surface area contributed by atoms with E-state index in [0.717, 1.165) is 13.2 Å². The smallest absolute Gasteiger partial charge is 0.0553 e. The Morgan fingerprint density at radius 2 is 1.80 bits per heavy atom. The molecule has 0 unspecified atom stereocenters. The predicted molar refractivity (Wildman–Crippen MR) is 85.2 cm³/mol. The molecule has 20 heavy (non-hydrogen) atoms. The molecular formula is C18H29NO. The Bertz CT molecular complexity index is 433. The van der Waals surface area contributed by atoms with Crippen LogP contribution in [0.1, 0.15) is 57.1 Å². The molecule has 2 rings (SSSR count). The van der Waals surface area contributed by atoms with Gasteiger partial charge in [0.1, 0.15) is 0 Å². The number of methoxy groups -OCH3 is 1. The summed E-state index contributed by atoms with van der Waals surface area (Å²) in [7, 11) is 1.78. The van der Waals surface area contributed by atoms with E-state index in [1.807, 2.05) is 0 Å². The molecule has 0 radical (unpaired) electrons. The van der Waals surface area contributed by atoms with Gasteiger partial charge in [0.05, 0.1) is 6.61 Å². The lowest BCUT2D eigenvalue weighted by atomic mass is 9.65. The Balaban J connectivity index is 2.45. The van der Waals surface area contributed by atoms with Crippen molar-refractivity contribution in [3.63, 3.8) is 0 Å². The van der Waals surface area contributed by atoms with Gasteiger partial charge < -0.3 is 10.5 Å². The molecule has 0 aromatic heterocycles. The van der Waals surface area contributed by atoms with Gasteiger partial charge >= 0.3 is 0 Å². The van der Waals surface area contributed by atoms with E-state index in [-0.39, 0.29) is 10.8 Å². The zero-order valence-corrected chi connectivity index (χ0v) is 13.2. The molecule has 2 nitrogen and oxygen atoms in total. The van der Waals surface area contributed by atoms with E-state index in [2.05, 4.69) is 38.1 Å². The van der Waals surface area contributed by atoms with Crippen molar-refractivity contribution in [2.24, 2.45) is 5.73 Å². The predicted octanol–water partition coefficient (Wildman–Crippen LogP) is 3.77. The van der Waals surface area contributed by atoms with E-state index < -0.39 is 0 Å². The SMILES string of the molecule is COCC(C)(C)c1ccccc1C1(CN)CCCCC1. The van der Waals surface area contributed by atoms with Gasteiger partial charge in [-0.15, -0.1) is 0 Å². The molecule has 112 valence electrons. The molecule has 0 bridgehead atoms. The van der Waals surface area contributed by atoms with E-state index in [1.165, 1.54) is 43.2 Å². The van der Waals surface area contributed by atoms with Crippen LogP contribution in [0.2, 0.25) is 0 Å². The second kappa shape index (κ2) is 6.28. The topological polar surface area (TPSA) is 35.2 Å². The molecule has 1 aliphatic carbocycles. The molecule has 2 N–H and O–H groups in total. The number of benzene rings is 1. The quantitative estimate of drug-likeness (QED) is 0.887. The summed E-state index contributed by atoms with van der Waals surface area (Å²) in [5, 5.41) is 0. The Kier molecular flexibility index (Phi) is 4.87. The zero-order chi connectivity index (χ0) is 14.6. The molecule has 1 aromatic rings. The molecule has 0 atom stereocenters. The molecule has 0 amide bonds. The van der Waals surface area contributed by atoms with Crippen molar-refractivity contribution >= 4 is 0 Å². The molecule has 1 aromatic carbocycles. The minimum Gasteiger partial charge on any atom is -0.384 e. The highest BCUT2D eigenvalue weighted by Gasteiger charge is 2.37. The second-order valence-corrected chi connectivity index (χ2v) is 6.91. The second-order valence-electron chi connectivity index (χ2n) is 6.91. The van der Waals surface area contributed by atoms with Crippen molar-refractivity contribution in [2.75, 3.05) is 20.3 Å². The third-order valence-corrected chi connectivity index (χ3v) is 4.93. The normalized spacial score (nSPS) is 19.0. The van der Waals surface area contributed by atoms with Gasteiger partial charge in [-0.2, -0.15) is 0 Å². The van der Waals surface area contributed by atoms with Gasteiger partial charge in [-0.1, -0.05) is 57.4 Å². The lowest BCUT2D eigenvalue weighted by molar-refractivity contribution is 0.145. The summed E-state index contributed by atoms with van der Waals surface area (Å²) in [6, 6.07) is 8.86. The third-order valence-electron chi connectivity index (χ3n) is 4.93. The van der Waals surface area contributed by atoms with Crippen molar-refractivity contribution in [3.8, 4) is 0 Å². The van der Waals surface area contributed by atoms with E-state index in [0.29, 0.717) is 0 Å². The first kappa shape index (κ1) is 15.5. The van der Waals surface area contributed by atoms with Gasteiger partial charge in [-0.3, -0.25) is 0 Å². The standard InChI is InChI=1S/C18H29NO/c1-17(2,14-20-3)15-9-5-6-10-16(15)18(13-19)11-7-4-8-12-18/h5-6,9-10H,4,7-8,11-14,19H2,1-3H3. The molecule has 1 aliphatic rings. The Labute approximate surface area is 123 Å². The molecule has 2 heteroatoms. The van der Waals surface area contributed by atoms with E-state index in [1.54, 1.807) is 7.11 Å². The summed E-state index contributed by atoms with van der Waals surface area (Å²) in [5.41, 5.74) is 9.31. The molecule has 0 saturated heterocycles. The fourth-order valence-corrected chi connectivity index (χ4v) is 3.79. The molecule has 1 saturated carbocycles. The highest BCUT2D eigenvalue weighted by molar-refractivity contribution is 5.40. The summed E-state index contributed by atoms with van der Waals surface area (Å²) in [5.74, 6) is 0. The van der Waals surface area contributed by atoms with Gasteiger partial charge in [0.15, 0.2) is 0 Å². The fraction of sp³-hybridized carbons (Fsp3) is 0.667. The Morgan fingerprint density at radius 1 is 1.15 bits per heavy atom. The summed E-state index contributed by atoms with van der Waals surface area (Å²) in [4.78, 5) is 0. The first-order valence-corrected chi connectivity index (χ1v) is 7.85. The fourth-order valence-electron chi connectivity index (χ4n) is 3.79. The summed E-state index contributed by atoms with van der Waals surface area (Å²) < 4.78 is 5.44. The molecule has 0 heterocycles. The highest BCUT2D eigenvalue weighted by Crippen LogP contribution is 2.42. The van der Waals surface area contributed by atoms with Crippen molar-refractivity contribution in [1.29, 1.82) is 0 Å². The van der Waals surface area contributed by atoms with Crippen LogP contribution in [-0.4, -0.2) is 20.3 Å². The van der Waals surface area contributed by atoms with E-state index in [4.69, 9.17) is 10.5 Å². The summed E-state index contributed by atoms with van der Waals surface area (Å²) >= 11 is 0. The van der Waals surface area contributed by atoms with Gasteiger partial charge in [-0.25, -0.2) is 0 Å². The number of hydrogen-bond donors (Lipinski definition) is 1. The highest BCUT2D eigenvalue weighted by atomic mass is 16.5. The van der Waals surface area contributed by atoms with Crippen LogP contribution in [0.3, 0.4) is 0 Å². The molecule has 0 aliphatic heterocycles. The number of rotatable bonds is 5. The van der Waals surface area contributed by atoms with Gasteiger partial charge in [0.25, 0.3) is 0 Å². The van der Waals surface area contributed by atoms with Crippen molar-refractivity contribution < 1.29 is 4.74 Å². The lowest BCUT2D eigenvalue weighted by Crippen LogP contribution is -2.40. The average molecular weight is 275 g/mol. The Hall–Kier alpha value is -0.860. The van der Waals surface area contributed by atoms with Crippen LogP contribution in [0, 0.1) is 0 Å². The van der Waals surface area contributed by atoms with E-state index in [9.17, 15) is 0 Å². The minimum absolute atomic E-state index is 0.0327. The summed E-state index contributed by atoms with van der Waals surface area (Å²) in [6.45, 7) is 6.03. The van der Waals surface area contributed by atoms with Gasteiger partial charge in [-0.05, 0) is 24.0 Å². The van der Waals surface area contributed by atoms with Crippen LogP contribution in [0.25, 0.3) is 0 Å². The number of ether oxygens (including phenoxy) is 1. The van der Waals surface area contributed by atoms with Crippen LogP contribution < -0.4 is 5.73 Å². The molecular weight excluding hydrogens is 246 g/mol. The average Bonchev–Trinajstić information content (AvgIpc) is 2.48. The number of hydrogen-bond acceptors (Lipinski definition) is 2.